The Kier molecular flexibility index (Phi) is 27.6. The molecular formula is C14H17CrNO4. The molecule has 0 aromatic heterocycles. The van der Waals surface area contributed by atoms with Gasteiger partial charge in [-0.2, -0.15) is 0 Å². The van der Waals surface area contributed by atoms with Gasteiger partial charge >= 0.3 is 33.9 Å². The van der Waals surface area contributed by atoms with Crippen molar-refractivity contribution in [1.29, 1.82) is 0 Å². The van der Waals surface area contributed by atoms with Crippen LogP contribution in [0.1, 0.15) is 18.6 Å². The van der Waals surface area contributed by atoms with E-state index in [0.717, 1.165) is 5.56 Å². The first kappa shape index (κ1) is 27.3. The molecule has 1 rings (SSSR count). The SMILES string of the molecule is C[C@@H]([C@@H](O)c1ccccc1)N(C)C.[C-]#[O+].[C-]#[O+].[C-]#[O+].[Cr]. The molecule has 0 fully saturated rings. The van der Waals surface area contributed by atoms with Crippen LogP contribution in [-0.2, 0) is 31.3 Å². The van der Waals surface area contributed by atoms with Crippen LogP contribution in [0.5, 0.6) is 0 Å². The molecule has 0 bridgehead atoms. The summed E-state index contributed by atoms with van der Waals surface area (Å²) in [6.45, 7) is 15.5. The van der Waals surface area contributed by atoms with Gasteiger partial charge < -0.3 is 10.0 Å². The molecule has 0 heterocycles. The average Bonchev–Trinajstić information content (AvgIpc) is 2.52. The summed E-state index contributed by atoms with van der Waals surface area (Å²) in [7, 11) is 3.94. The summed E-state index contributed by atoms with van der Waals surface area (Å²) in [6.07, 6.45) is -0.406. The van der Waals surface area contributed by atoms with Crippen molar-refractivity contribution in [2.75, 3.05) is 14.1 Å². The van der Waals surface area contributed by atoms with E-state index in [0.29, 0.717) is 0 Å². The minimum atomic E-state index is -0.406. The molecule has 5 nitrogen and oxygen atoms in total. The monoisotopic (exact) mass is 315 g/mol. The fraction of sp³-hybridized carbons (Fsp3) is 0.357. The number of hydrogen-bond donors (Lipinski definition) is 1. The van der Waals surface area contributed by atoms with Gasteiger partial charge in [-0.15, -0.1) is 0 Å². The Hall–Kier alpha value is -1.11. The molecule has 6 heteroatoms. The molecule has 0 radical (unpaired) electrons. The normalized spacial score (nSPS) is 10.6. The second-order valence-electron chi connectivity index (χ2n) is 3.56. The molecule has 0 saturated heterocycles. The number of aliphatic hydroxyl groups is 1. The summed E-state index contributed by atoms with van der Waals surface area (Å²) in [5.74, 6) is 0. The van der Waals surface area contributed by atoms with E-state index in [1.165, 1.54) is 0 Å². The van der Waals surface area contributed by atoms with Crippen LogP contribution in [0.4, 0.5) is 0 Å². The van der Waals surface area contributed by atoms with E-state index in [1.54, 1.807) is 0 Å². The van der Waals surface area contributed by atoms with Gasteiger partial charge in [0.1, 0.15) is 0 Å². The summed E-state index contributed by atoms with van der Waals surface area (Å²) in [5, 5.41) is 9.92. The van der Waals surface area contributed by atoms with Crippen LogP contribution in [0.25, 0.3) is 0 Å². The Labute approximate surface area is 130 Å². The molecule has 0 aliphatic heterocycles. The molecule has 0 aliphatic carbocycles. The zero-order chi connectivity index (χ0) is 15.8. The van der Waals surface area contributed by atoms with E-state index in [4.69, 9.17) is 14.0 Å². The Morgan fingerprint density at radius 1 is 0.950 bits per heavy atom. The molecule has 20 heavy (non-hydrogen) atoms. The van der Waals surface area contributed by atoms with E-state index < -0.39 is 6.10 Å². The third kappa shape index (κ3) is 12.0. The second kappa shape index (κ2) is 20.2. The Bertz CT molecular complexity index is 348. The van der Waals surface area contributed by atoms with Crippen molar-refractivity contribution in [3.63, 3.8) is 0 Å². The number of rotatable bonds is 3. The topological polar surface area (TPSA) is 83.2 Å². The van der Waals surface area contributed by atoms with Crippen molar-refractivity contribution < 1.29 is 36.4 Å². The van der Waals surface area contributed by atoms with Gasteiger partial charge in [-0.05, 0) is 26.6 Å². The van der Waals surface area contributed by atoms with E-state index >= 15 is 0 Å². The first-order valence-electron chi connectivity index (χ1n) is 5.13. The van der Waals surface area contributed by atoms with Crippen LogP contribution in [-0.4, -0.2) is 30.1 Å². The largest absolute Gasteiger partial charge is 0 e. The number of nitrogens with zero attached hydrogens (tertiary/aromatic N) is 1. The number of benzene rings is 1. The Morgan fingerprint density at radius 2 is 1.30 bits per heavy atom. The molecule has 1 aromatic rings. The predicted molar refractivity (Wildman–Crippen MR) is 66.3 cm³/mol. The molecular weight excluding hydrogens is 298 g/mol. The van der Waals surface area contributed by atoms with E-state index in [2.05, 4.69) is 20.0 Å². The van der Waals surface area contributed by atoms with E-state index in [9.17, 15) is 5.11 Å². The second-order valence-corrected chi connectivity index (χ2v) is 3.56. The smallest absolute Gasteiger partial charge is 0 e. The Morgan fingerprint density at radius 3 is 1.60 bits per heavy atom. The number of likely N-dealkylation sites (N-methyl/N-ethyl adjacent to an activating group) is 1. The zero-order valence-electron chi connectivity index (χ0n) is 11.6. The molecule has 1 N–H and O–H groups in total. The van der Waals surface area contributed by atoms with Gasteiger partial charge in [0.05, 0.1) is 6.10 Å². The van der Waals surface area contributed by atoms with Gasteiger partial charge in [-0.1, -0.05) is 30.3 Å². The molecule has 0 saturated carbocycles. The maximum Gasteiger partial charge on any atom is 0 e. The van der Waals surface area contributed by atoms with Crippen LogP contribution in [0.2, 0.25) is 0 Å². The van der Waals surface area contributed by atoms with Crippen molar-refractivity contribution in [3.8, 4) is 0 Å². The fourth-order valence-corrected chi connectivity index (χ4v) is 1.21. The first-order valence-corrected chi connectivity index (χ1v) is 5.13. The van der Waals surface area contributed by atoms with E-state index in [-0.39, 0.29) is 23.4 Å². The fourth-order valence-electron chi connectivity index (χ4n) is 1.21. The molecule has 0 spiro atoms. The minimum Gasteiger partial charge on any atom is 0 e. The standard InChI is InChI=1S/C11H17NO.3CO.Cr/c1-9(12(2)3)11(13)10-7-5-4-6-8-10;3*1-2;/h4-9,11,13H,1-3H3;;;;/t9-,11+;;;;/m0..../s1. The van der Waals surface area contributed by atoms with Gasteiger partial charge in [0.25, 0.3) is 0 Å². The van der Waals surface area contributed by atoms with Crippen LogP contribution < -0.4 is 0 Å². The average molecular weight is 315 g/mol. The van der Waals surface area contributed by atoms with Crippen molar-refractivity contribution >= 4 is 0 Å². The quantitative estimate of drug-likeness (QED) is 0.678. The van der Waals surface area contributed by atoms with Gasteiger partial charge in [0.2, 0.25) is 0 Å². The summed E-state index contributed by atoms with van der Waals surface area (Å²) in [6, 6.07) is 9.88. The third-order valence-corrected chi connectivity index (χ3v) is 2.41. The zero-order valence-corrected chi connectivity index (χ0v) is 12.8. The van der Waals surface area contributed by atoms with Gasteiger partial charge in [-0.3, -0.25) is 0 Å². The van der Waals surface area contributed by atoms with Gasteiger partial charge in [0, 0.05) is 23.4 Å². The van der Waals surface area contributed by atoms with Crippen LogP contribution in [0, 0.1) is 20.0 Å². The predicted octanol–water partition coefficient (Wildman–Crippen LogP) is 1.56. The van der Waals surface area contributed by atoms with Crippen molar-refractivity contribution in [2.45, 2.75) is 19.1 Å². The summed E-state index contributed by atoms with van der Waals surface area (Å²) in [4.78, 5) is 2.01. The van der Waals surface area contributed by atoms with Gasteiger partial charge in [0.15, 0.2) is 0 Å². The number of aliphatic hydroxyl groups excluding tert-OH is 1. The molecule has 0 aliphatic rings. The first-order chi connectivity index (χ1) is 9.13. The summed E-state index contributed by atoms with van der Waals surface area (Å²) >= 11 is 0. The van der Waals surface area contributed by atoms with Crippen molar-refractivity contribution in [3.05, 3.63) is 55.8 Å². The van der Waals surface area contributed by atoms with Crippen molar-refractivity contribution in [1.82, 2.24) is 4.90 Å². The summed E-state index contributed by atoms with van der Waals surface area (Å²) in [5.41, 5.74) is 0.976. The van der Waals surface area contributed by atoms with Crippen LogP contribution >= 0.6 is 0 Å². The molecule has 1 aromatic carbocycles. The third-order valence-electron chi connectivity index (χ3n) is 2.41. The molecule has 0 unspecified atom stereocenters. The minimum absolute atomic E-state index is 0. The maximum atomic E-state index is 9.92. The van der Waals surface area contributed by atoms with Crippen LogP contribution in [0.15, 0.2) is 30.3 Å². The maximum absolute atomic E-state index is 9.92. The molecule has 0 amide bonds. The summed E-state index contributed by atoms with van der Waals surface area (Å²) < 4.78 is 22.5. The number of hydrogen-bond acceptors (Lipinski definition) is 2. The van der Waals surface area contributed by atoms with Crippen LogP contribution in [0.3, 0.4) is 0 Å². The van der Waals surface area contributed by atoms with Gasteiger partial charge in [-0.25, -0.2) is 0 Å². The molecule has 2 atom stereocenters. The Balaban J connectivity index is -0.000000162. The van der Waals surface area contributed by atoms with E-state index in [1.807, 2.05) is 56.3 Å². The molecule has 108 valence electrons. The van der Waals surface area contributed by atoms with Crippen molar-refractivity contribution in [2.24, 2.45) is 0 Å².